The number of nitrogens with two attached hydrogens (primary N) is 1. The van der Waals surface area contributed by atoms with E-state index in [1.165, 1.54) is 0 Å². The Bertz CT molecular complexity index is 689. The van der Waals surface area contributed by atoms with Gasteiger partial charge in [0.15, 0.2) is 11.6 Å². The lowest BCUT2D eigenvalue weighted by Gasteiger charge is -2.09. The lowest BCUT2D eigenvalue weighted by Crippen LogP contribution is -2.03. The van der Waals surface area contributed by atoms with E-state index in [2.05, 4.69) is 19.9 Å². The molecule has 3 N–H and O–H groups in total. The van der Waals surface area contributed by atoms with E-state index in [0.29, 0.717) is 17.5 Å². The molecule has 2 aromatic heterocycles. The van der Waals surface area contributed by atoms with Crippen LogP contribution in [0, 0.1) is 6.92 Å². The van der Waals surface area contributed by atoms with Gasteiger partial charge in [-0.05, 0) is 6.92 Å². The third-order valence-corrected chi connectivity index (χ3v) is 2.94. The van der Waals surface area contributed by atoms with Crippen molar-refractivity contribution in [2.24, 2.45) is 0 Å². The van der Waals surface area contributed by atoms with Gasteiger partial charge < -0.3 is 10.7 Å². The SMILES string of the molecule is Cc1c(N)nc(-c2ncc[nH]2)nc1-c1ccccc1. The van der Waals surface area contributed by atoms with E-state index in [9.17, 15) is 0 Å². The van der Waals surface area contributed by atoms with E-state index in [0.717, 1.165) is 16.8 Å². The number of H-pyrrole nitrogens is 1. The van der Waals surface area contributed by atoms with Crippen LogP contribution in [0.25, 0.3) is 22.9 Å². The summed E-state index contributed by atoms with van der Waals surface area (Å²) < 4.78 is 0. The fourth-order valence-electron chi connectivity index (χ4n) is 1.90. The van der Waals surface area contributed by atoms with Crippen molar-refractivity contribution >= 4 is 5.82 Å². The predicted octanol–water partition coefficient (Wildman–Crippen LogP) is 2.42. The van der Waals surface area contributed by atoms with Crippen LogP contribution in [0.2, 0.25) is 0 Å². The largest absolute Gasteiger partial charge is 0.383 e. The molecule has 94 valence electrons. The number of aromatic amines is 1. The first-order chi connectivity index (χ1) is 9.25. The molecular weight excluding hydrogens is 238 g/mol. The summed E-state index contributed by atoms with van der Waals surface area (Å²) in [5.41, 5.74) is 8.70. The molecule has 0 atom stereocenters. The number of hydrogen-bond acceptors (Lipinski definition) is 4. The third kappa shape index (κ3) is 2.06. The van der Waals surface area contributed by atoms with Crippen molar-refractivity contribution in [1.82, 2.24) is 19.9 Å². The molecule has 0 bridgehead atoms. The normalized spacial score (nSPS) is 10.6. The fraction of sp³-hybridized carbons (Fsp3) is 0.0714. The highest BCUT2D eigenvalue weighted by molar-refractivity contribution is 5.69. The summed E-state index contributed by atoms with van der Waals surface area (Å²) in [6.45, 7) is 1.92. The van der Waals surface area contributed by atoms with E-state index in [1.54, 1.807) is 12.4 Å². The Balaban J connectivity index is 2.20. The summed E-state index contributed by atoms with van der Waals surface area (Å²) in [5, 5.41) is 0. The third-order valence-electron chi connectivity index (χ3n) is 2.94. The molecule has 0 saturated heterocycles. The highest BCUT2D eigenvalue weighted by Gasteiger charge is 2.12. The van der Waals surface area contributed by atoms with Crippen molar-refractivity contribution in [2.75, 3.05) is 5.73 Å². The highest BCUT2D eigenvalue weighted by Crippen LogP contribution is 2.26. The minimum Gasteiger partial charge on any atom is -0.383 e. The number of imidazole rings is 1. The van der Waals surface area contributed by atoms with Gasteiger partial charge in [-0.2, -0.15) is 0 Å². The van der Waals surface area contributed by atoms with Crippen LogP contribution in [0.1, 0.15) is 5.56 Å². The van der Waals surface area contributed by atoms with Gasteiger partial charge in [0.25, 0.3) is 0 Å². The van der Waals surface area contributed by atoms with Crippen LogP contribution in [-0.2, 0) is 0 Å². The molecule has 0 aliphatic carbocycles. The topological polar surface area (TPSA) is 80.5 Å². The molecule has 19 heavy (non-hydrogen) atoms. The average molecular weight is 251 g/mol. The van der Waals surface area contributed by atoms with E-state index < -0.39 is 0 Å². The zero-order valence-corrected chi connectivity index (χ0v) is 10.5. The standard InChI is InChI=1S/C14H13N5/c1-9-11(10-5-3-2-4-6-10)18-14(19-12(9)15)13-16-7-8-17-13/h2-8H,1H3,(H,16,17)(H2,15,18,19). The van der Waals surface area contributed by atoms with E-state index in [1.807, 2.05) is 37.3 Å². The molecule has 0 spiro atoms. The maximum atomic E-state index is 5.97. The zero-order chi connectivity index (χ0) is 13.2. The lowest BCUT2D eigenvalue weighted by atomic mass is 10.1. The molecule has 3 aromatic rings. The van der Waals surface area contributed by atoms with Crippen LogP contribution < -0.4 is 5.73 Å². The Morgan fingerprint density at radius 1 is 1.11 bits per heavy atom. The van der Waals surface area contributed by atoms with Crippen LogP contribution in [-0.4, -0.2) is 19.9 Å². The van der Waals surface area contributed by atoms with E-state index >= 15 is 0 Å². The van der Waals surface area contributed by atoms with Crippen molar-refractivity contribution in [3.05, 3.63) is 48.3 Å². The van der Waals surface area contributed by atoms with E-state index in [4.69, 9.17) is 5.73 Å². The summed E-state index contributed by atoms with van der Waals surface area (Å²) in [6, 6.07) is 9.91. The van der Waals surface area contributed by atoms with Gasteiger partial charge in [0.2, 0.25) is 0 Å². The minimum absolute atomic E-state index is 0.472. The van der Waals surface area contributed by atoms with Gasteiger partial charge in [-0.3, -0.25) is 0 Å². The van der Waals surface area contributed by atoms with Gasteiger partial charge in [0.1, 0.15) is 5.82 Å². The molecule has 0 aliphatic rings. The molecule has 5 nitrogen and oxygen atoms in total. The first-order valence-electron chi connectivity index (χ1n) is 5.95. The minimum atomic E-state index is 0.472. The second-order valence-corrected chi connectivity index (χ2v) is 4.21. The molecule has 0 fully saturated rings. The first-order valence-corrected chi connectivity index (χ1v) is 5.95. The Kier molecular flexibility index (Phi) is 2.72. The Hall–Kier alpha value is -2.69. The fourth-order valence-corrected chi connectivity index (χ4v) is 1.90. The molecule has 2 heterocycles. The number of anilines is 1. The zero-order valence-electron chi connectivity index (χ0n) is 10.5. The van der Waals surface area contributed by atoms with Crippen LogP contribution in [0.5, 0.6) is 0 Å². The second kappa shape index (κ2) is 4.53. The number of aromatic nitrogens is 4. The van der Waals surface area contributed by atoms with Crippen molar-refractivity contribution < 1.29 is 0 Å². The summed E-state index contributed by atoms with van der Waals surface area (Å²) in [4.78, 5) is 16.0. The first kappa shape index (κ1) is 11.4. The predicted molar refractivity (Wildman–Crippen MR) is 74.2 cm³/mol. The molecule has 0 radical (unpaired) electrons. The number of nitrogens with one attached hydrogen (secondary N) is 1. The molecule has 0 saturated carbocycles. The molecule has 0 unspecified atom stereocenters. The maximum Gasteiger partial charge on any atom is 0.198 e. The molecule has 3 rings (SSSR count). The Morgan fingerprint density at radius 3 is 2.58 bits per heavy atom. The van der Waals surface area contributed by atoms with Gasteiger partial charge in [0, 0.05) is 23.5 Å². The number of nitrogens with zero attached hydrogens (tertiary/aromatic N) is 3. The number of hydrogen-bond donors (Lipinski definition) is 2. The monoisotopic (exact) mass is 251 g/mol. The van der Waals surface area contributed by atoms with Crippen molar-refractivity contribution in [2.45, 2.75) is 6.92 Å². The summed E-state index contributed by atoms with van der Waals surface area (Å²) in [7, 11) is 0. The number of benzene rings is 1. The van der Waals surface area contributed by atoms with Crippen LogP contribution in [0.4, 0.5) is 5.82 Å². The summed E-state index contributed by atoms with van der Waals surface area (Å²) in [5.74, 6) is 1.59. The van der Waals surface area contributed by atoms with Crippen molar-refractivity contribution in [1.29, 1.82) is 0 Å². The highest BCUT2D eigenvalue weighted by atomic mass is 15.0. The summed E-state index contributed by atoms with van der Waals surface area (Å²) >= 11 is 0. The quantitative estimate of drug-likeness (QED) is 0.733. The molecule has 1 aromatic carbocycles. The molecule has 0 amide bonds. The summed E-state index contributed by atoms with van der Waals surface area (Å²) in [6.07, 6.45) is 3.40. The second-order valence-electron chi connectivity index (χ2n) is 4.21. The average Bonchev–Trinajstić information content (AvgIpc) is 2.97. The molecular formula is C14H13N5. The smallest absolute Gasteiger partial charge is 0.198 e. The van der Waals surface area contributed by atoms with Crippen molar-refractivity contribution in [3.63, 3.8) is 0 Å². The Labute approximate surface area is 110 Å². The van der Waals surface area contributed by atoms with Gasteiger partial charge in [0.05, 0.1) is 5.69 Å². The van der Waals surface area contributed by atoms with Gasteiger partial charge in [-0.15, -0.1) is 0 Å². The Morgan fingerprint density at radius 2 is 1.89 bits per heavy atom. The van der Waals surface area contributed by atoms with Crippen LogP contribution in [0.3, 0.4) is 0 Å². The van der Waals surface area contributed by atoms with Gasteiger partial charge in [-0.1, -0.05) is 30.3 Å². The van der Waals surface area contributed by atoms with Crippen LogP contribution >= 0.6 is 0 Å². The van der Waals surface area contributed by atoms with E-state index in [-0.39, 0.29) is 0 Å². The maximum absolute atomic E-state index is 5.97. The van der Waals surface area contributed by atoms with Crippen molar-refractivity contribution in [3.8, 4) is 22.9 Å². The molecule has 0 aliphatic heterocycles. The lowest BCUT2D eigenvalue weighted by molar-refractivity contribution is 1.11. The molecule has 5 heteroatoms. The number of rotatable bonds is 2. The van der Waals surface area contributed by atoms with Crippen LogP contribution in [0.15, 0.2) is 42.7 Å². The van der Waals surface area contributed by atoms with Gasteiger partial charge in [-0.25, -0.2) is 15.0 Å². The number of nitrogen functional groups attached to an aromatic ring is 1. The van der Waals surface area contributed by atoms with Gasteiger partial charge >= 0.3 is 0 Å².